The van der Waals surface area contributed by atoms with Gasteiger partial charge in [0.15, 0.2) is 0 Å². The third-order valence-corrected chi connectivity index (χ3v) is 0.921. The zero-order valence-corrected chi connectivity index (χ0v) is 7.36. The molecule has 0 N–H and O–H groups in total. The van der Waals surface area contributed by atoms with Crippen LogP contribution in [0.3, 0.4) is 0 Å². The molecule has 0 unspecified atom stereocenters. The first-order valence-electron chi connectivity index (χ1n) is 4.15. The summed E-state index contributed by atoms with van der Waals surface area (Å²) in [5.41, 5.74) is 0. The Hall–Kier alpha value is -1.53. The summed E-state index contributed by atoms with van der Waals surface area (Å²) >= 11 is 0. The van der Waals surface area contributed by atoms with Crippen molar-refractivity contribution in [1.29, 1.82) is 0 Å². The van der Waals surface area contributed by atoms with Gasteiger partial charge in [-0.3, -0.25) is 14.4 Å². The minimum Gasteiger partial charge on any atom is -0.625 e. The molecule has 7 heteroatoms. The largest absolute Gasteiger partial charge is 0.625 e. The number of rotatable bonds is 3. The Balaban J connectivity index is 4.16. The number of carbonyl (C=O) groups excluding carboxylic acids is 3. The van der Waals surface area contributed by atoms with Crippen LogP contribution in [0.2, 0.25) is 0 Å². The minimum atomic E-state index is -2.54. The van der Waals surface area contributed by atoms with Crippen molar-refractivity contribution in [3.63, 3.8) is 0 Å². The van der Waals surface area contributed by atoms with Gasteiger partial charge in [-0.2, -0.15) is 0 Å². The van der Waals surface area contributed by atoms with Gasteiger partial charge < -0.3 is 14.0 Å². The van der Waals surface area contributed by atoms with Gasteiger partial charge in [0.25, 0.3) is 17.9 Å². The first-order chi connectivity index (χ1) is 6.45. The molecule has 0 aromatic rings. The van der Waals surface area contributed by atoms with E-state index in [1.807, 2.05) is 0 Å². The maximum Gasteiger partial charge on any atom is 0.541 e. The fraction of sp³-hybridized carbons (Fsp3) is 0.500. The normalized spacial score (nSPS) is 10.2. The molecule has 0 saturated heterocycles. The van der Waals surface area contributed by atoms with Crippen LogP contribution in [0.4, 0.5) is 0 Å². The van der Waals surface area contributed by atoms with Gasteiger partial charge in [0.1, 0.15) is 0 Å². The zero-order valence-electron chi connectivity index (χ0n) is 8.36. The Morgan fingerprint density at radius 2 is 1.38 bits per heavy atom. The average molecular weight is 190 g/mol. The van der Waals surface area contributed by atoms with E-state index < -0.39 is 32.1 Å². The Bertz CT molecular complexity index is 226. The molecule has 0 atom stereocenters. The van der Waals surface area contributed by atoms with Gasteiger partial charge >= 0.3 is 7.32 Å². The predicted octanol–water partition coefficient (Wildman–Crippen LogP) is -0.607. The number of carbonyl (C=O) groups is 3. The molecular formula is C6H10BO6-. The van der Waals surface area contributed by atoms with E-state index in [-0.39, 0.29) is 0 Å². The quantitative estimate of drug-likeness (QED) is 0.552. The summed E-state index contributed by atoms with van der Waals surface area (Å²) in [4.78, 5) is 31.6. The second-order valence-electron chi connectivity index (χ2n) is 2.14. The molecule has 0 saturated carbocycles. The SMILES string of the molecule is [2H]CC(=O)O[BH-](OC(C)=O)OC(C)=O. The summed E-state index contributed by atoms with van der Waals surface area (Å²) in [5, 5.41) is 0. The summed E-state index contributed by atoms with van der Waals surface area (Å²) in [7, 11) is -2.54. The van der Waals surface area contributed by atoms with E-state index in [0.717, 1.165) is 13.8 Å². The lowest BCUT2D eigenvalue weighted by atomic mass is 10.2. The fourth-order valence-electron chi connectivity index (χ4n) is 0.552. The highest BCUT2D eigenvalue weighted by atomic mass is 16.8. The molecule has 74 valence electrons. The molecule has 6 nitrogen and oxygen atoms in total. The Labute approximate surface area is 76.7 Å². The van der Waals surface area contributed by atoms with E-state index in [4.69, 9.17) is 1.37 Å². The van der Waals surface area contributed by atoms with Crippen LogP contribution in [0, 0.1) is 0 Å². The molecule has 0 rings (SSSR count). The molecule has 0 aliphatic carbocycles. The first-order valence-corrected chi connectivity index (χ1v) is 3.44. The molecule has 0 fully saturated rings. The molecule has 0 spiro atoms. The first kappa shape index (κ1) is 9.56. The molecule has 0 aromatic carbocycles. The second kappa shape index (κ2) is 5.18. The summed E-state index contributed by atoms with van der Waals surface area (Å²) < 4.78 is 19.8. The van der Waals surface area contributed by atoms with Crippen molar-refractivity contribution < 1.29 is 29.7 Å². The molecule has 0 radical (unpaired) electrons. The van der Waals surface area contributed by atoms with Crippen LogP contribution >= 0.6 is 0 Å². The number of hydrogen-bond donors (Lipinski definition) is 0. The van der Waals surface area contributed by atoms with Crippen molar-refractivity contribution >= 4 is 25.2 Å². The van der Waals surface area contributed by atoms with E-state index in [0.29, 0.717) is 0 Å². The molecule has 0 amide bonds. The van der Waals surface area contributed by atoms with Crippen LogP contribution in [0.15, 0.2) is 0 Å². The fourth-order valence-corrected chi connectivity index (χ4v) is 0.552. The Morgan fingerprint density at radius 3 is 1.69 bits per heavy atom. The van der Waals surface area contributed by atoms with Gasteiger partial charge in [-0.1, -0.05) is 0 Å². The molecule has 0 aliphatic rings. The highest BCUT2D eigenvalue weighted by molar-refractivity contribution is 6.43. The monoisotopic (exact) mass is 190 g/mol. The van der Waals surface area contributed by atoms with Crippen LogP contribution in [-0.2, 0) is 28.3 Å². The van der Waals surface area contributed by atoms with Gasteiger partial charge in [0.05, 0.1) is 0 Å². The van der Waals surface area contributed by atoms with E-state index in [9.17, 15) is 14.4 Å². The summed E-state index contributed by atoms with van der Waals surface area (Å²) in [6.45, 7) is 1.53. The van der Waals surface area contributed by atoms with Gasteiger partial charge in [-0.15, -0.1) is 0 Å². The van der Waals surface area contributed by atoms with Gasteiger partial charge in [-0.05, 0) is 0 Å². The summed E-state index contributed by atoms with van der Waals surface area (Å²) in [6.07, 6.45) is 0. The maximum absolute atomic E-state index is 10.6. The van der Waals surface area contributed by atoms with Crippen LogP contribution < -0.4 is 0 Å². The van der Waals surface area contributed by atoms with Crippen LogP contribution in [0.5, 0.6) is 0 Å². The van der Waals surface area contributed by atoms with E-state index in [1.165, 1.54) is 0 Å². The molecule has 13 heavy (non-hydrogen) atoms. The van der Waals surface area contributed by atoms with Crippen molar-refractivity contribution in [1.82, 2.24) is 0 Å². The van der Waals surface area contributed by atoms with Crippen molar-refractivity contribution in [3.8, 4) is 0 Å². The van der Waals surface area contributed by atoms with Crippen molar-refractivity contribution in [2.75, 3.05) is 0 Å². The van der Waals surface area contributed by atoms with Crippen molar-refractivity contribution in [3.05, 3.63) is 0 Å². The third kappa shape index (κ3) is 6.86. The lowest BCUT2D eigenvalue weighted by molar-refractivity contribution is -0.144. The topological polar surface area (TPSA) is 78.9 Å². The smallest absolute Gasteiger partial charge is 0.541 e. The number of hydrogen-bond acceptors (Lipinski definition) is 6. The van der Waals surface area contributed by atoms with Crippen molar-refractivity contribution in [2.45, 2.75) is 20.7 Å². The van der Waals surface area contributed by atoms with Crippen LogP contribution in [0.25, 0.3) is 0 Å². The maximum atomic E-state index is 10.6. The summed E-state index contributed by atoms with van der Waals surface area (Å²) in [6, 6.07) is 0. The second-order valence-corrected chi connectivity index (χ2v) is 2.14. The van der Waals surface area contributed by atoms with Crippen molar-refractivity contribution in [2.24, 2.45) is 0 Å². The lowest BCUT2D eigenvalue weighted by Crippen LogP contribution is -2.32. The molecular weight excluding hydrogens is 179 g/mol. The average Bonchev–Trinajstić information content (AvgIpc) is 2.01. The predicted molar refractivity (Wildman–Crippen MR) is 42.4 cm³/mol. The Morgan fingerprint density at radius 1 is 1.00 bits per heavy atom. The minimum absolute atomic E-state index is 0.633. The standard InChI is InChI=1S/C6H10BO6/c1-4(8)11-7(12-5(2)9)13-6(3)10/h7H,1-3H3/q-1/i1D. The highest BCUT2D eigenvalue weighted by Gasteiger charge is 2.13. The van der Waals surface area contributed by atoms with Gasteiger partial charge in [0.2, 0.25) is 0 Å². The lowest BCUT2D eigenvalue weighted by Gasteiger charge is -2.25. The van der Waals surface area contributed by atoms with Crippen LogP contribution in [0.1, 0.15) is 22.1 Å². The molecule has 0 aromatic heterocycles. The molecule has 0 heterocycles. The Kier molecular flexibility index (Phi) is 3.81. The zero-order chi connectivity index (χ0) is 11.1. The molecule has 0 aliphatic heterocycles. The van der Waals surface area contributed by atoms with Crippen LogP contribution in [-0.4, -0.2) is 25.2 Å². The molecule has 0 bridgehead atoms. The summed E-state index contributed by atoms with van der Waals surface area (Å²) in [5.74, 6) is -2.39. The van der Waals surface area contributed by atoms with Gasteiger partial charge in [0, 0.05) is 22.1 Å². The van der Waals surface area contributed by atoms with E-state index in [2.05, 4.69) is 14.0 Å². The third-order valence-electron chi connectivity index (χ3n) is 0.921. The van der Waals surface area contributed by atoms with E-state index in [1.54, 1.807) is 0 Å². The van der Waals surface area contributed by atoms with E-state index >= 15 is 0 Å². The highest BCUT2D eigenvalue weighted by Crippen LogP contribution is 1.94. The van der Waals surface area contributed by atoms with Gasteiger partial charge in [-0.25, -0.2) is 0 Å².